The number of ether oxygens (including phenoxy) is 1. The SMILES string of the molecule is CN=[S@@]1(=O)C[C@@](C)(c2cc(-c3cc(-c4ncc(OC)cn4)no3)ccc2F)N=C(N)N1C. The van der Waals surface area contributed by atoms with Gasteiger partial charge in [0.25, 0.3) is 0 Å². The fraction of sp³-hybridized carbons (Fsp3) is 0.300. The Bertz CT molecular complexity index is 1310. The molecule has 0 saturated heterocycles. The van der Waals surface area contributed by atoms with Crippen LogP contribution in [0.5, 0.6) is 5.75 Å². The number of nitrogens with zero attached hydrogens (tertiary/aromatic N) is 6. The quantitative estimate of drug-likeness (QED) is 0.634. The van der Waals surface area contributed by atoms with Gasteiger partial charge in [-0.2, -0.15) is 0 Å². The zero-order valence-corrected chi connectivity index (χ0v) is 18.8. The van der Waals surface area contributed by atoms with Crippen LogP contribution in [0.4, 0.5) is 4.39 Å². The lowest BCUT2D eigenvalue weighted by atomic mass is 9.92. The van der Waals surface area contributed by atoms with Crippen molar-refractivity contribution >= 4 is 15.9 Å². The number of methoxy groups -OCH3 is 1. The topological polar surface area (TPSA) is 132 Å². The third kappa shape index (κ3) is 3.66. The zero-order chi connectivity index (χ0) is 23.1. The number of nitrogens with two attached hydrogens (primary N) is 1. The van der Waals surface area contributed by atoms with Crippen LogP contribution in [0.1, 0.15) is 12.5 Å². The van der Waals surface area contributed by atoms with Crippen molar-refractivity contribution in [1.29, 1.82) is 0 Å². The summed E-state index contributed by atoms with van der Waals surface area (Å²) in [5.41, 5.74) is 6.00. The molecule has 0 bridgehead atoms. The zero-order valence-electron chi connectivity index (χ0n) is 17.9. The van der Waals surface area contributed by atoms with Gasteiger partial charge in [0.2, 0.25) is 5.96 Å². The molecule has 3 aromatic rings. The highest BCUT2D eigenvalue weighted by molar-refractivity contribution is 7.92. The van der Waals surface area contributed by atoms with Crippen LogP contribution in [0.3, 0.4) is 0 Å². The van der Waals surface area contributed by atoms with E-state index in [0.29, 0.717) is 28.6 Å². The highest BCUT2D eigenvalue weighted by atomic mass is 32.2. The largest absolute Gasteiger partial charge is 0.494 e. The number of guanidine groups is 1. The molecule has 12 heteroatoms. The maximum Gasteiger partial charge on any atom is 0.204 e. The summed E-state index contributed by atoms with van der Waals surface area (Å²) < 4.78 is 44.0. The Kier molecular flexibility index (Phi) is 5.33. The summed E-state index contributed by atoms with van der Waals surface area (Å²) in [4.78, 5) is 12.8. The smallest absolute Gasteiger partial charge is 0.204 e. The van der Waals surface area contributed by atoms with Crippen molar-refractivity contribution in [2.75, 3.05) is 27.0 Å². The fourth-order valence-electron chi connectivity index (χ4n) is 3.45. The molecule has 4 rings (SSSR count). The molecule has 0 amide bonds. The molecule has 2 atom stereocenters. The average Bonchev–Trinajstić information content (AvgIpc) is 3.28. The van der Waals surface area contributed by atoms with E-state index in [1.165, 1.54) is 36.9 Å². The molecule has 2 aromatic heterocycles. The monoisotopic (exact) mass is 459 g/mol. The van der Waals surface area contributed by atoms with Crippen LogP contribution in [0.15, 0.2) is 50.5 Å². The molecule has 1 aliphatic rings. The standard InChI is InChI=1S/C20H22FN7O3S/c1-20(11-32(29,23-2)28(3)19(22)26-20)14-7-12(5-6-15(14)21)17-8-16(27-31-17)18-24-9-13(30-4)10-25-18/h5-10H,11H2,1-4H3,(H2,22,26)/t20-,32-/m0/s1. The molecule has 1 aliphatic heterocycles. The van der Waals surface area contributed by atoms with Gasteiger partial charge in [0.05, 0.1) is 25.3 Å². The second kappa shape index (κ2) is 7.86. The van der Waals surface area contributed by atoms with Gasteiger partial charge in [-0.3, -0.25) is 4.31 Å². The minimum Gasteiger partial charge on any atom is -0.494 e. The van der Waals surface area contributed by atoms with Crippen LogP contribution < -0.4 is 10.5 Å². The van der Waals surface area contributed by atoms with Crippen molar-refractivity contribution in [2.24, 2.45) is 15.1 Å². The van der Waals surface area contributed by atoms with E-state index in [1.807, 2.05) is 0 Å². The number of aromatic nitrogens is 3. The molecule has 0 radical (unpaired) electrons. The van der Waals surface area contributed by atoms with Crippen molar-refractivity contribution in [1.82, 2.24) is 19.4 Å². The summed E-state index contributed by atoms with van der Waals surface area (Å²) >= 11 is 0. The van der Waals surface area contributed by atoms with E-state index in [2.05, 4.69) is 24.5 Å². The summed E-state index contributed by atoms with van der Waals surface area (Å²) in [6.45, 7) is 1.68. The van der Waals surface area contributed by atoms with Gasteiger partial charge in [-0.05, 0) is 25.1 Å². The number of benzene rings is 1. The first-order valence-electron chi connectivity index (χ1n) is 9.55. The van der Waals surface area contributed by atoms with Crippen molar-refractivity contribution in [3.05, 3.63) is 48.0 Å². The number of hydrogen-bond acceptors (Lipinski definition) is 9. The van der Waals surface area contributed by atoms with Crippen LogP contribution in [-0.2, 0) is 15.5 Å². The summed E-state index contributed by atoms with van der Waals surface area (Å²) in [6, 6.07) is 6.10. The van der Waals surface area contributed by atoms with Crippen LogP contribution in [0, 0.1) is 5.82 Å². The molecule has 1 aromatic carbocycles. The average molecular weight is 460 g/mol. The molecule has 0 aliphatic carbocycles. The Balaban J connectivity index is 1.74. The summed E-state index contributed by atoms with van der Waals surface area (Å²) in [7, 11) is 1.65. The molecular weight excluding hydrogens is 437 g/mol. The molecule has 32 heavy (non-hydrogen) atoms. The van der Waals surface area contributed by atoms with E-state index in [9.17, 15) is 8.60 Å². The second-order valence-electron chi connectivity index (χ2n) is 7.39. The van der Waals surface area contributed by atoms with E-state index in [1.54, 1.807) is 32.2 Å². The van der Waals surface area contributed by atoms with Crippen molar-refractivity contribution in [3.8, 4) is 28.6 Å². The van der Waals surface area contributed by atoms with Gasteiger partial charge >= 0.3 is 0 Å². The first-order valence-corrected chi connectivity index (χ1v) is 11.2. The van der Waals surface area contributed by atoms with E-state index >= 15 is 0 Å². The highest BCUT2D eigenvalue weighted by Crippen LogP contribution is 2.36. The number of hydrogen-bond donors (Lipinski definition) is 1. The molecule has 3 heterocycles. The lowest BCUT2D eigenvalue weighted by molar-refractivity contribution is 0.410. The van der Waals surface area contributed by atoms with E-state index in [0.717, 1.165) is 0 Å². The second-order valence-corrected chi connectivity index (χ2v) is 9.81. The summed E-state index contributed by atoms with van der Waals surface area (Å²) in [5.74, 6) is 0.755. The Morgan fingerprint density at radius 3 is 2.69 bits per heavy atom. The van der Waals surface area contributed by atoms with Gasteiger partial charge in [-0.25, -0.2) is 27.9 Å². The Morgan fingerprint density at radius 2 is 2.03 bits per heavy atom. The van der Waals surface area contributed by atoms with Gasteiger partial charge in [0.15, 0.2) is 23.0 Å². The summed E-state index contributed by atoms with van der Waals surface area (Å²) in [5, 5.41) is 4.01. The molecule has 0 spiro atoms. The maximum atomic E-state index is 14.9. The predicted octanol–water partition coefficient (Wildman–Crippen LogP) is 2.43. The predicted molar refractivity (Wildman–Crippen MR) is 118 cm³/mol. The third-order valence-electron chi connectivity index (χ3n) is 5.30. The van der Waals surface area contributed by atoms with Crippen LogP contribution in [0.2, 0.25) is 0 Å². The maximum absolute atomic E-state index is 14.9. The minimum absolute atomic E-state index is 0.0184. The molecule has 10 nitrogen and oxygen atoms in total. The van der Waals surface area contributed by atoms with E-state index in [4.69, 9.17) is 15.0 Å². The van der Waals surface area contributed by atoms with E-state index in [-0.39, 0.29) is 17.3 Å². The molecule has 0 saturated carbocycles. The molecule has 168 valence electrons. The number of halogens is 1. The Morgan fingerprint density at radius 1 is 1.31 bits per heavy atom. The Hall–Kier alpha value is -3.54. The first-order chi connectivity index (χ1) is 15.2. The normalized spacial score (nSPS) is 23.0. The van der Waals surface area contributed by atoms with Crippen molar-refractivity contribution < 1.29 is 17.9 Å². The van der Waals surface area contributed by atoms with Crippen molar-refractivity contribution in [2.45, 2.75) is 12.5 Å². The van der Waals surface area contributed by atoms with Crippen LogP contribution >= 0.6 is 0 Å². The molecular formula is C20H22FN7O3S. The van der Waals surface area contributed by atoms with Gasteiger partial charge in [-0.15, -0.1) is 0 Å². The molecule has 2 N–H and O–H groups in total. The van der Waals surface area contributed by atoms with Gasteiger partial charge in [0, 0.05) is 31.3 Å². The fourth-order valence-corrected chi connectivity index (χ4v) is 5.30. The molecule has 0 fully saturated rings. The minimum atomic E-state index is -2.87. The Labute approximate surface area is 184 Å². The van der Waals surface area contributed by atoms with E-state index < -0.39 is 21.3 Å². The van der Waals surface area contributed by atoms with Gasteiger partial charge in [0.1, 0.15) is 21.3 Å². The molecule has 0 unspecified atom stereocenters. The first kappa shape index (κ1) is 21.7. The highest BCUT2D eigenvalue weighted by Gasteiger charge is 2.40. The number of rotatable bonds is 4. The summed E-state index contributed by atoms with van der Waals surface area (Å²) in [6.07, 6.45) is 3.04. The lowest BCUT2D eigenvalue weighted by Gasteiger charge is -2.37. The van der Waals surface area contributed by atoms with Crippen molar-refractivity contribution in [3.63, 3.8) is 0 Å². The van der Waals surface area contributed by atoms with Gasteiger partial charge in [-0.1, -0.05) is 5.16 Å². The number of aliphatic imine (C=N–C) groups is 1. The van der Waals surface area contributed by atoms with Gasteiger partial charge < -0.3 is 15.0 Å². The third-order valence-corrected chi connectivity index (χ3v) is 7.85. The van der Waals surface area contributed by atoms with Crippen LogP contribution in [0.25, 0.3) is 22.8 Å². The van der Waals surface area contributed by atoms with Crippen LogP contribution in [-0.4, -0.2) is 56.6 Å². The lowest BCUT2D eigenvalue weighted by Crippen LogP contribution is -2.50.